The van der Waals surface area contributed by atoms with Crippen LogP contribution in [-0.4, -0.2) is 59.2 Å². The molecule has 2 aromatic rings. The minimum absolute atomic E-state index is 0.0334. The highest BCUT2D eigenvalue weighted by atomic mass is 35.5. The number of hydrogen-bond acceptors (Lipinski definition) is 5. The number of halogens is 1. The molecule has 0 spiro atoms. The Hall–Kier alpha value is -2.82. The summed E-state index contributed by atoms with van der Waals surface area (Å²) < 4.78 is 2.13. The van der Waals surface area contributed by atoms with Crippen molar-refractivity contribution < 1.29 is 5.11 Å². The van der Waals surface area contributed by atoms with Gasteiger partial charge in [0.2, 0.25) is 0 Å². The molecule has 6 nitrogen and oxygen atoms in total. The third-order valence-corrected chi connectivity index (χ3v) is 5.35. The van der Waals surface area contributed by atoms with Gasteiger partial charge in [-0.15, -0.1) is 11.6 Å². The van der Waals surface area contributed by atoms with Crippen molar-refractivity contribution in [2.75, 3.05) is 39.6 Å². The molecule has 0 saturated carbocycles. The van der Waals surface area contributed by atoms with Gasteiger partial charge in [-0.05, 0) is 75.5 Å². The summed E-state index contributed by atoms with van der Waals surface area (Å²) in [5, 5.41) is 19.1. The average Bonchev–Trinajstić information content (AvgIpc) is 3.28. The molecule has 0 atom stereocenters. The Morgan fingerprint density at radius 1 is 1.24 bits per heavy atom. The van der Waals surface area contributed by atoms with Gasteiger partial charge in [0.15, 0.2) is 0 Å². The lowest BCUT2D eigenvalue weighted by Gasteiger charge is -2.25. The summed E-state index contributed by atoms with van der Waals surface area (Å²) in [4.78, 5) is 2.32. The normalized spacial score (nSPS) is 11.7. The molecule has 0 amide bonds. The van der Waals surface area contributed by atoms with Gasteiger partial charge in [-0.25, -0.2) is 5.01 Å². The van der Waals surface area contributed by atoms with Crippen molar-refractivity contribution in [3.63, 3.8) is 0 Å². The van der Waals surface area contributed by atoms with Crippen LogP contribution in [0.25, 0.3) is 5.70 Å². The number of alkyl halides is 1. The van der Waals surface area contributed by atoms with Crippen LogP contribution in [0.15, 0.2) is 73.1 Å². The highest BCUT2D eigenvalue weighted by Crippen LogP contribution is 2.18. The first-order valence-corrected chi connectivity index (χ1v) is 11.9. The summed E-state index contributed by atoms with van der Waals surface area (Å²) in [5.74, 6) is 0.453. The van der Waals surface area contributed by atoms with Gasteiger partial charge in [0.1, 0.15) is 0 Å². The topological polar surface area (TPSA) is 67.5 Å². The Kier molecular flexibility index (Phi) is 14.4. The maximum Gasteiger partial charge on any atom is 0.0991 e. The molecule has 2 N–H and O–H groups in total. The molecule has 1 heterocycles. The second-order valence-corrected chi connectivity index (χ2v) is 8.14. The predicted octanol–water partition coefficient (Wildman–Crippen LogP) is 4.77. The Morgan fingerprint density at radius 3 is 2.44 bits per heavy atom. The zero-order chi connectivity index (χ0) is 25.3. The number of nitriles is 1. The van der Waals surface area contributed by atoms with Gasteiger partial charge in [0.05, 0.1) is 29.6 Å². The lowest BCUT2D eigenvalue weighted by atomic mass is 10.2. The van der Waals surface area contributed by atoms with Crippen LogP contribution in [0.4, 0.5) is 0 Å². The molecule has 34 heavy (non-hydrogen) atoms. The maximum atomic E-state index is 8.62. The first-order valence-electron chi connectivity index (χ1n) is 11.4. The van der Waals surface area contributed by atoms with E-state index in [1.807, 2.05) is 30.5 Å². The van der Waals surface area contributed by atoms with E-state index in [2.05, 4.69) is 60.5 Å². The van der Waals surface area contributed by atoms with E-state index in [-0.39, 0.29) is 6.61 Å². The number of aliphatic hydroxyl groups excluding tert-OH is 1. The number of benzene rings is 1. The van der Waals surface area contributed by atoms with Crippen LogP contribution in [0.5, 0.6) is 0 Å². The molecule has 1 aromatic heterocycles. The summed E-state index contributed by atoms with van der Waals surface area (Å²) in [6.07, 6.45) is 8.93. The van der Waals surface area contributed by atoms with Crippen LogP contribution in [0, 0.1) is 18.3 Å². The second kappa shape index (κ2) is 16.7. The van der Waals surface area contributed by atoms with Crippen molar-refractivity contribution in [2.45, 2.75) is 26.9 Å². The quantitative estimate of drug-likeness (QED) is 0.258. The molecule has 0 aliphatic carbocycles. The molecule has 2 rings (SSSR count). The zero-order valence-electron chi connectivity index (χ0n) is 20.8. The van der Waals surface area contributed by atoms with Crippen molar-refractivity contribution >= 4 is 17.3 Å². The zero-order valence-corrected chi connectivity index (χ0v) is 21.6. The van der Waals surface area contributed by atoms with Crippen LogP contribution in [0.3, 0.4) is 0 Å². The Bertz CT molecular complexity index is 956. The summed E-state index contributed by atoms with van der Waals surface area (Å²) in [6, 6.07) is 13.0. The lowest BCUT2D eigenvalue weighted by Crippen LogP contribution is -2.36. The van der Waals surface area contributed by atoms with E-state index in [4.69, 9.17) is 22.0 Å². The van der Waals surface area contributed by atoms with E-state index in [0.29, 0.717) is 11.4 Å². The molecule has 1 aromatic carbocycles. The van der Waals surface area contributed by atoms with Crippen molar-refractivity contribution in [1.29, 1.82) is 5.26 Å². The highest BCUT2D eigenvalue weighted by molar-refractivity contribution is 6.19. The van der Waals surface area contributed by atoms with E-state index >= 15 is 0 Å². The lowest BCUT2D eigenvalue weighted by molar-refractivity contribution is 0.243. The molecule has 0 aliphatic rings. The smallest absolute Gasteiger partial charge is 0.0991 e. The number of aryl methyl sites for hydroxylation is 1. The number of hydrazine groups is 1. The number of aliphatic hydroxyl groups is 1. The predicted molar refractivity (Wildman–Crippen MR) is 143 cm³/mol. The van der Waals surface area contributed by atoms with E-state index < -0.39 is 0 Å². The Labute approximate surface area is 210 Å². The van der Waals surface area contributed by atoms with Crippen molar-refractivity contribution in [3.05, 3.63) is 89.9 Å². The van der Waals surface area contributed by atoms with E-state index in [9.17, 15) is 0 Å². The third-order valence-electron chi connectivity index (χ3n) is 5.19. The van der Waals surface area contributed by atoms with Crippen LogP contribution >= 0.6 is 11.6 Å². The van der Waals surface area contributed by atoms with E-state index in [1.165, 1.54) is 0 Å². The number of hydrogen-bond donors (Lipinski definition) is 2. The fourth-order valence-electron chi connectivity index (χ4n) is 3.13. The Morgan fingerprint density at radius 2 is 1.94 bits per heavy atom. The Balaban J connectivity index is 0.000000479. The largest absolute Gasteiger partial charge is 0.392 e. The van der Waals surface area contributed by atoms with E-state index in [1.54, 1.807) is 30.3 Å². The number of allylic oxidation sites excluding steroid dienone is 4. The molecule has 0 radical (unpaired) electrons. The molecule has 184 valence electrons. The monoisotopic (exact) mass is 483 g/mol. The van der Waals surface area contributed by atoms with Gasteiger partial charge in [-0.2, -0.15) is 5.26 Å². The minimum Gasteiger partial charge on any atom is -0.392 e. The first kappa shape index (κ1) is 29.2. The van der Waals surface area contributed by atoms with Gasteiger partial charge in [-0.3, -0.25) is 0 Å². The molecule has 0 saturated heterocycles. The van der Waals surface area contributed by atoms with Crippen LogP contribution in [0.2, 0.25) is 0 Å². The molecule has 0 fully saturated rings. The van der Waals surface area contributed by atoms with Gasteiger partial charge in [-0.1, -0.05) is 31.7 Å². The van der Waals surface area contributed by atoms with Crippen molar-refractivity contribution in [2.24, 2.45) is 0 Å². The molecule has 0 aliphatic heterocycles. The molecule has 7 heteroatoms. The van der Waals surface area contributed by atoms with Crippen LogP contribution in [-0.2, 0) is 6.61 Å². The molecular formula is C27H38ClN5O. The third kappa shape index (κ3) is 10.4. The molecular weight excluding hydrogens is 446 g/mol. The van der Waals surface area contributed by atoms with E-state index in [0.717, 1.165) is 48.7 Å². The SMILES string of the molecule is C=C/C=C(NN(C)CCCN(C)CC)\C(=C/CCl)n1cccc1C.N#Cc1ccc(CO)cc1. The van der Waals surface area contributed by atoms with Gasteiger partial charge >= 0.3 is 0 Å². The maximum absolute atomic E-state index is 8.62. The first-order chi connectivity index (χ1) is 16.4. The average molecular weight is 484 g/mol. The number of nitrogens with zero attached hydrogens (tertiary/aromatic N) is 4. The van der Waals surface area contributed by atoms with Gasteiger partial charge in [0, 0.05) is 31.4 Å². The highest BCUT2D eigenvalue weighted by Gasteiger charge is 2.10. The number of aromatic nitrogens is 1. The van der Waals surface area contributed by atoms with Crippen LogP contribution < -0.4 is 5.43 Å². The van der Waals surface area contributed by atoms with Gasteiger partial charge in [0.25, 0.3) is 0 Å². The minimum atomic E-state index is 0.0334. The summed E-state index contributed by atoms with van der Waals surface area (Å²) in [7, 11) is 4.20. The number of nitrogens with one attached hydrogen (secondary N) is 1. The van der Waals surface area contributed by atoms with Crippen molar-refractivity contribution in [1.82, 2.24) is 19.9 Å². The number of rotatable bonds is 12. The van der Waals surface area contributed by atoms with Gasteiger partial charge < -0.3 is 20.0 Å². The molecule has 0 unspecified atom stereocenters. The standard InChI is InChI=1S/C19H31ClN4.C8H7NO/c1-6-10-18(21-23(5)15-9-14-22(4)7-2)19(12-13-20)24-16-8-11-17(24)3;9-5-7-1-3-8(6-10)4-2-7/h6,8,10-12,16,21H,1,7,9,13-15H2,2-5H3;1-4,10H,6H2/b18-10+,19-12+;. The fraction of sp³-hybridized carbons (Fsp3) is 0.370. The fourth-order valence-corrected chi connectivity index (χ4v) is 3.27. The molecule has 0 bridgehead atoms. The summed E-state index contributed by atoms with van der Waals surface area (Å²) in [6.45, 7) is 11.3. The summed E-state index contributed by atoms with van der Waals surface area (Å²) in [5.41, 5.74) is 8.10. The second-order valence-electron chi connectivity index (χ2n) is 7.83. The summed E-state index contributed by atoms with van der Waals surface area (Å²) >= 11 is 5.99. The van der Waals surface area contributed by atoms with Crippen LogP contribution in [0.1, 0.15) is 30.2 Å². The van der Waals surface area contributed by atoms with Crippen molar-refractivity contribution in [3.8, 4) is 6.07 Å².